The Morgan fingerprint density at radius 1 is 0.944 bits per heavy atom. The van der Waals surface area contributed by atoms with Gasteiger partial charge in [0.1, 0.15) is 17.7 Å². The summed E-state index contributed by atoms with van der Waals surface area (Å²) >= 11 is 0. The zero-order valence-electron chi connectivity index (χ0n) is 10.2. The summed E-state index contributed by atoms with van der Waals surface area (Å²) in [7, 11) is 0. The van der Waals surface area contributed by atoms with Gasteiger partial charge in [0.25, 0.3) is 0 Å². The molecule has 1 unspecified atom stereocenters. The number of aryl methyl sites for hydroxylation is 2. The smallest absolute Gasteiger partial charge is 0.132 e. The summed E-state index contributed by atoms with van der Waals surface area (Å²) in [5.74, 6) is -0.790. The maximum Gasteiger partial charge on any atom is 0.132 e. The molecule has 0 fully saturated rings. The van der Waals surface area contributed by atoms with E-state index in [-0.39, 0.29) is 11.4 Å². The van der Waals surface area contributed by atoms with E-state index in [1.165, 1.54) is 24.3 Å². The van der Waals surface area contributed by atoms with Crippen LogP contribution < -0.4 is 0 Å². The van der Waals surface area contributed by atoms with Gasteiger partial charge >= 0.3 is 0 Å². The molecule has 0 aliphatic carbocycles. The van der Waals surface area contributed by atoms with Crippen molar-refractivity contribution in [1.82, 2.24) is 0 Å². The lowest BCUT2D eigenvalue weighted by atomic mass is 9.96. The van der Waals surface area contributed by atoms with Crippen LogP contribution in [0.4, 0.5) is 8.78 Å². The minimum Gasteiger partial charge on any atom is -0.384 e. The predicted molar refractivity (Wildman–Crippen MR) is 66.3 cm³/mol. The molecule has 0 heterocycles. The summed E-state index contributed by atoms with van der Waals surface area (Å²) in [6.07, 6.45) is -1.08. The average Bonchev–Trinajstić information content (AvgIpc) is 2.32. The lowest BCUT2D eigenvalue weighted by molar-refractivity contribution is 0.214. The molecule has 0 bridgehead atoms. The molecule has 1 N–H and O–H groups in total. The molecule has 0 aliphatic heterocycles. The first-order valence-corrected chi connectivity index (χ1v) is 5.70. The largest absolute Gasteiger partial charge is 0.384 e. The van der Waals surface area contributed by atoms with Crippen molar-refractivity contribution in [3.63, 3.8) is 0 Å². The van der Waals surface area contributed by atoms with Crippen LogP contribution >= 0.6 is 0 Å². The first-order chi connectivity index (χ1) is 8.50. The maximum absolute atomic E-state index is 13.9. The normalized spacial score (nSPS) is 12.5. The zero-order chi connectivity index (χ0) is 13.3. The Hall–Kier alpha value is -1.74. The van der Waals surface area contributed by atoms with E-state index in [4.69, 9.17) is 0 Å². The van der Waals surface area contributed by atoms with Crippen LogP contribution in [0.3, 0.4) is 0 Å². The van der Waals surface area contributed by atoms with Crippen molar-refractivity contribution in [2.45, 2.75) is 20.0 Å². The van der Waals surface area contributed by atoms with E-state index in [1.54, 1.807) is 26.0 Å². The van der Waals surface area contributed by atoms with E-state index >= 15 is 0 Å². The fourth-order valence-electron chi connectivity index (χ4n) is 1.99. The van der Waals surface area contributed by atoms with Crippen LogP contribution in [0.2, 0.25) is 0 Å². The van der Waals surface area contributed by atoms with Crippen LogP contribution in [-0.2, 0) is 0 Å². The van der Waals surface area contributed by atoms with Gasteiger partial charge in [-0.05, 0) is 42.7 Å². The zero-order valence-corrected chi connectivity index (χ0v) is 10.2. The highest BCUT2D eigenvalue weighted by molar-refractivity contribution is 5.37. The van der Waals surface area contributed by atoms with Crippen LogP contribution in [0, 0.1) is 25.5 Å². The van der Waals surface area contributed by atoms with Gasteiger partial charge in [0, 0.05) is 5.56 Å². The number of hydrogen-bond acceptors (Lipinski definition) is 1. The summed E-state index contributed by atoms with van der Waals surface area (Å²) < 4.78 is 26.9. The number of rotatable bonds is 2. The van der Waals surface area contributed by atoms with Gasteiger partial charge in [-0.25, -0.2) is 8.78 Å². The van der Waals surface area contributed by atoms with Crippen LogP contribution in [-0.4, -0.2) is 5.11 Å². The second-order valence-electron chi connectivity index (χ2n) is 4.38. The van der Waals surface area contributed by atoms with Gasteiger partial charge in [-0.2, -0.15) is 0 Å². The highest BCUT2D eigenvalue weighted by atomic mass is 19.1. The quantitative estimate of drug-likeness (QED) is 0.859. The van der Waals surface area contributed by atoms with Gasteiger partial charge in [-0.1, -0.05) is 24.3 Å². The third-order valence-corrected chi connectivity index (χ3v) is 3.04. The molecule has 94 valence electrons. The lowest BCUT2D eigenvalue weighted by Crippen LogP contribution is -2.05. The molecule has 18 heavy (non-hydrogen) atoms. The van der Waals surface area contributed by atoms with Gasteiger partial charge in [0.05, 0.1) is 0 Å². The molecule has 0 radical (unpaired) electrons. The molecule has 0 amide bonds. The van der Waals surface area contributed by atoms with Crippen molar-refractivity contribution in [3.05, 3.63) is 70.3 Å². The molecule has 3 heteroatoms. The average molecular weight is 248 g/mol. The maximum atomic E-state index is 13.9. The van der Waals surface area contributed by atoms with Crippen molar-refractivity contribution >= 4 is 0 Å². The minimum absolute atomic E-state index is 0.213. The Morgan fingerprint density at radius 3 is 2.33 bits per heavy atom. The molecule has 0 spiro atoms. The van der Waals surface area contributed by atoms with E-state index in [2.05, 4.69) is 0 Å². The molecular weight excluding hydrogens is 234 g/mol. The van der Waals surface area contributed by atoms with Crippen LogP contribution in [0.5, 0.6) is 0 Å². The SMILES string of the molecule is Cc1cc(F)ccc1C(O)c1cccc(C)c1F. The Balaban J connectivity index is 2.48. The molecule has 0 saturated carbocycles. The summed E-state index contributed by atoms with van der Waals surface area (Å²) in [6, 6.07) is 8.94. The first-order valence-electron chi connectivity index (χ1n) is 5.70. The standard InChI is InChI=1S/C15H14F2O/c1-9-4-3-5-13(14(9)17)15(18)12-7-6-11(16)8-10(12)2/h3-8,15,18H,1-2H3. The van der Waals surface area contributed by atoms with E-state index in [0.717, 1.165) is 0 Å². The molecular formula is C15H14F2O. The number of halogens is 2. The van der Waals surface area contributed by atoms with E-state index in [0.29, 0.717) is 16.7 Å². The predicted octanol–water partition coefficient (Wildman–Crippen LogP) is 3.66. The van der Waals surface area contributed by atoms with Gasteiger partial charge in [-0.15, -0.1) is 0 Å². The van der Waals surface area contributed by atoms with E-state index in [1.807, 2.05) is 0 Å². The Kier molecular flexibility index (Phi) is 3.43. The van der Waals surface area contributed by atoms with E-state index < -0.39 is 11.9 Å². The summed E-state index contributed by atoms with van der Waals surface area (Å²) in [4.78, 5) is 0. The number of aliphatic hydroxyl groups is 1. The number of aliphatic hydroxyl groups excluding tert-OH is 1. The summed E-state index contributed by atoms with van der Waals surface area (Å²) in [5.41, 5.74) is 1.81. The Bertz CT molecular complexity index is 579. The van der Waals surface area contributed by atoms with Crippen molar-refractivity contribution < 1.29 is 13.9 Å². The molecule has 2 aromatic rings. The number of hydrogen-bond donors (Lipinski definition) is 1. The van der Waals surface area contributed by atoms with Crippen LogP contribution in [0.1, 0.15) is 28.4 Å². The third kappa shape index (κ3) is 2.27. The molecule has 1 atom stereocenters. The van der Waals surface area contributed by atoms with Gasteiger partial charge in [0.2, 0.25) is 0 Å². The van der Waals surface area contributed by atoms with Gasteiger partial charge < -0.3 is 5.11 Å². The Morgan fingerprint density at radius 2 is 1.67 bits per heavy atom. The lowest BCUT2D eigenvalue weighted by Gasteiger charge is -2.15. The second kappa shape index (κ2) is 4.86. The van der Waals surface area contributed by atoms with E-state index in [9.17, 15) is 13.9 Å². The van der Waals surface area contributed by atoms with Crippen molar-refractivity contribution in [1.29, 1.82) is 0 Å². The van der Waals surface area contributed by atoms with Crippen LogP contribution in [0.15, 0.2) is 36.4 Å². The Labute approximate surface area is 105 Å². The van der Waals surface area contributed by atoms with Crippen molar-refractivity contribution in [2.75, 3.05) is 0 Å². The molecule has 0 saturated heterocycles. The summed E-state index contributed by atoms with van der Waals surface area (Å²) in [5, 5.41) is 10.2. The molecule has 2 aromatic carbocycles. The number of benzene rings is 2. The summed E-state index contributed by atoms with van der Waals surface area (Å²) in [6.45, 7) is 3.33. The monoisotopic (exact) mass is 248 g/mol. The highest BCUT2D eigenvalue weighted by Gasteiger charge is 2.17. The topological polar surface area (TPSA) is 20.2 Å². The molecule has 0 aromatic heterocycles. The highest BCUT2D eigenvalue weighted by Crippen LogP contribution is 2.28. The molecule has 0 aliphatic rings. The first kappa shape index (κ1) is 12.7. The van der Waals surface area contributed by atoms with Gasteiger partial charge in [0.15, 0.2) is 0 Å². The molecule has 2 rings (SSSR count). The van der Waals surface area contributed by atoms with Crippen LogP contribution in [0.25, 0.3) is 0 Å². The third-order valence-electron chi connectivity index (χ3n) is 3.04. The van der Waals surface area contributed by atoms with Gasteiger partial charge in [-0.3, -0.25) is 0 Å². The fourth-order valence-corrected chi connectivity index (χ4v) is 1.99. The van der Waals surface area contributed by atoms with Crippen molar-refractivity contribution in [2.24, 2.45) is 0 Å². The fraction of sp³-hybridized carbons (Fsp3) is 0.200. The minimum atomic E-state index is -1.08. The second-order valence-corrected chi connectivity index (χ2v) is 4.38. The molecule has 1 nitrogen and oxygen atoms in total. The van der Waals surface area contributed by atoms with Crippen molar-refractivity contribution in [3.8, 4) is 0 Å².